The first-order valence-corrected chi connectivity index (χ1v) is 7.27. The molecule has 1 aliphatic carbocycles. The van der Waals surface area contributed by atoms with Gasteiger partial charge < -0.3 is 5.11 Å². The maximum atomic E-state index is 10.3. The zero-order valence-corrected chi connectivity index (χ0v) is 12.0. The van der Waals surface area contributed by atoms with E-state index in [0.29, 0.717) is 5.92 Å². The van der Waals surface area contributed by atoms with Crippen LogP contribution in [0.25, 0.3) is 0 Å². The van der Waals surface area contributed by atoms with Crippen molar-refractivity contribution in [3.8, 4) is 0 Å². The molecule has 3 heteroatoms. The van der Waals surface area contributed by atoms with Crippen molar-refractivity contribution in [1.82, 2.24) is 0 Å². The monoisotopic (exact) mass is 350 g/mol. The Balaban J connectivity index is 2.12. The van der Waals surface area contributed by atoms with E-state index >= 15 is 0 Å². The van der Waals surface area contributed by atoms with Crippen LogP contribution in [0.3, 0.4) is 0 Å². The molecule has 1 unspecified atom stereocenters. The van der Waals surface area contributed by atoms with Crippen molar-refractivity contribution < 1.29 is 5.11 Å². The Hall–Kier alpha value is 0.200. The average Bonchev–Trinajstić information content (AvgIpc) is 2.33. The molecule has 2 rings (SSSR count). The highest BCUT2D eigenvalue weighted by Gasteiger charge is 2.23. The molecule has 1 aromatic rings. The Morgan fingerprint density at radius 3 is 2.56 bits per heavy atom. The van der Waals surface area contributed by atoms with Crippen LogP contribution < -0.4 is 0 Å². The fourth-order valence-electron chi connectivity index (χ4n) is 2.42. The Morgan fingerprint density at radius 2 is 1.94 bits per heavy atom. The number of aliphatic hydroxyl groups is 1. The summed E-state index contributed by atoms with van der Waals surface area (Å²) in [6.45, 7) is 0. The predicted molar refractivity (Wildman–Crippen MR) is 75.7 cm³/mol. The summed E-state index contributed by atoms with van der Waals surface area (Å²) in [5, 5.41) is 11.0. The molecule has 16 heavy (non-hydrogen) atoms. The lowest BCUT2D eigenvalue weighted by atomic mass is 9.83. The van der Waals surface area contributed by atoms with Crippen molar-refractivity contribution in [3.63, 3.8) is 0 Å². The number of aliphatic hydroxyl groups excluding tert-OH is 1. The quantitative estimate of drug-likeness (QED) is 0.775. The smallest absolute Gasteiger partial charge is 0.0818 e. The number of rotatable bonds is 2. The fourth-order valence-corrected chi connectivity index (χ4v) is 2.94. The van der Waals surface area contributed by atoms with Crippen LogP contribution in [0.2, 0.25) is 5.02 Å². The molecule has 0 amide bonds. The summed E-state index contributed by atoms with van der Waals surface area (Å²) in [6.07, 6.45) is 5.76. The van der Waals surface area contributed by atoms with Crippen molar-refractivity contribution in [2.45, 2.75) is 38.2 Å². The molecule has 1 aliphatic rings. The molecular formula is C13H16ClIO. The van der Waals surface area contributed by atoms with Crippen LogP contribution in [0.4, 0.5) is 0 Å². The molecule has 0 saturated heterocycles. The summed E-state index contributed by atoms with van der Waals surface area (Å²) in [7, 11) is 0. The SMILES string of the molecule is OC(c1ccc(I)c(Cl)c1)C1CCCCC1. The van der Waals surface area contributed by atoms with Gasteiger partial charge in [0.1, 0.15) is 0 Å². The van der Waals surface area contributed by atoms with Crippen molar-refractivity contribution in [1.29, 1.82) is 0 Å². The van der Waals surface area contributed by atoms with E-state index in [2.05, 4.69) is 22.6 Å². The summed E-state index contributed by atoms with van der Waals surface area (Å²) < 4.78 is 1.04. The minimum Gasteiger partial charge on any atom is -0.388 e. The molecule has 0 bridgehead atoms. The average molecular weight is 351 g/mol. The van der Waals surface area contributed by atoms with E-state index in [1.54, 1.807) is 0 Å². The molecule has 0 aromatic heterocycles. The van der Waals surface area contributed by atoms with Gasteiger partial charge in [-0.25, -0.2) is 0 Å². The Kier molecular flexibility index (Phi) is 4.50. The zero-order valence-electron chi connectivity index (χ0n) is 9.13. The minimum absolute atomic E-state index is 0.338. The Labute approximate surface area is 115 Å². The van der Waals surface area contributed by atoms with Gasteiger partial charge in [0, 0.05) is 3.57 Å². The number of benzene rings is 1. The van der Waals surface area contributed by atoms with Crippen LogP contribution in [-0.2, 0) is 0 Å². The van der Waals surface area contributed by atoms with Gasteiger partial charge in [0.2, 0.25) is 0 Å². The topological polar surface area (TPSA) is 20.2 Å². The maximum absolute atomic E-state index is 10.3. The molecule has 1 fully saturated rings. The standard InChI is InChI=1S/C13H16ClIO/c14-11-8-10(6-7-12(11)15)13(16)9-4-2-1-3-5-9/h6-9,13,16H,1-5H2. The second-order valence-electron chi connectivity index (χ2n) is 4.52. The van der Waals surface area contributed by atoms with E-state index in [4.69, 9.17) is 11.6 Å². The van der Waals surface area contributed by atoms with Gasteiger partial charge in [-0.05, 0) is 59.0 Å². The molecule has 0 spiro atoms. The van der Waals surface area contributed by atoms with E-state index in [0.717, 1.165) is 27.0 Å². The molecule has 1 atom stereocenters. The van der Waals surface area contributed by atoms with E-state index in [9.17, 15) is 5.11 Å². The summed E-state index contributed by atoms with van der Waals surface area (Å²) in [4.78, 5) is 0. The van der Waals surface area contributed by atoms with E-state index in [-0.39, 0.29) is 6.10 Å². The van der Waals surface area contributed by atoms with Gasteiger partial charge in [-0.1, -0.05) is 36.9 Å². The highest BCUT2D eigenvalue weighted by atomic mass is 127. The summed E-state index contributed by atoms with van der Waals surface area (Å²) in [5.41, 5.74) is 0.970. The first-order chi connectivity index (χ1) is 7.68. The van der Waals surface area contributed by atoms with Crippen LogP contribution in [0.15, 0.2) is 18.2 Å². The van der Waals surface area contributed by atoms with Crippen LogP contribution in [0, 0.1) is 9.49 Å². The zero-order chi connectivity index (χ0) is 11.5. The van der Waals surface area contributed by atoms with Gasteiger partial charge in [0.15, 0.2) is 0 Å². The van der Waals surface area contributed by atoms with E-state index in [1.165, 1.54) is 19.3 Å². The third-order valence-corrected chi connectivity index (χ3v) is 4.95. The Bertz CT molecular complexity index is 361. The third-order valence-electron chi connectivity index (χ3n) is 3.38. The van der Waals surface area contributed by atoms with Crippen molar-refractivity contribution >= 4 is 34.2 Å². The van der Waals surface area contributed by atoms with E-state index in [1.807, 2.05) is 18.2 Å². The second-order valence-corrected chi connectivity index (χ2v) is 6.09. The highest BCUT2D eigenvalue weighted by molar-refractivity contribution is 14.1. The minimum atomic E-state index is -0.338. The molecule has 88 valence electrons. The summed E-state index contributed by atoms with van der Waals surface area (Å²) in [5.74, 6) is 0.421. The third kappa shape index (κ3) is 2.90. The number of halogens is 2. The first kappa shape index (κ1) is 12.7. The second kappa shape index (κ2) is 5.69. The molecule has 0 heterocycles. The first-order valence-electron chi connectivity index (χ1n) is 5.81. The molecule has 1 N–H and O–H groups in total. The maximum Gasteiger partial charge on any atom is 0.0818 e. The fraction of sp³-hybridized carbons (Fsp3) is 0.538. The van der Waals surface area contributed by atoms with Crippen LogP contribution in [0.5, 0.6) is 0 Å². The van der Waals surface area contributed by atoms with Crippen molar-refractivity contribution in [2.75, 3.05) is 0 Å². The molecule has 1 nitrogen and oxygen atoms in total. The van der Waals surface area contributed by atoms with Gasteiger partial charge in [0.25, 0.3) is 0 Å². The van der Waals surface area contributed by atoms with Crippen LogP contribution in [-0.4, -0.2) is 5.11 Å². The number of hydrogen-bond acceptors (Lipinski definition) is 1. The lowest BCUT2D eigenvalue weighted by Crippen LogP contribution is -2.15. The Morgan fingerprint density at radius 1 is 1.25 bits per heavy atom. The highest BCUT2D eigenvalue weighted by Crippen LogP contribution is 2.35. The van der Waals surface area contributed by atoms with E-state index < -0.39 is 0 Å². The van der Waals surface area contributed by atoms with Crippen LogP contribution in [0.1, 0.15) is 43.8 Å². The van der Waals surface area contributed by atoms with Gasteiger partial charge >= 0.3 is 0 Å². The van der Waals surface area contributed by atoms with Gasteiger partial charge in [-0.15, -0.1) is 0 Å². The largest absolute Gasteiger partial charge is 0.388 e. The van der Waals surface area contributed by atoms with Crippen molar-refractivity contribution in [3.05, 3.63) is 32.4 Å². The predicted octanol–water partition coefficient (Wildman–Crippen LogP) is 4.56. The van der Waals surface area contributed by atoms with Crippen LogP contribution >= 0.6 is 34.2 Å². The molecule has 0 radical (unpaired) electrons. The van der Waals surface area contributed by atoms with Gasteiger partial charge in [-0.2, -0.15) is 0 Å². The molecule has 1 aromatic carbocycles. The number of hydrogen-bond donors (Lipinski definition) is 1. The molecule has 1 saturated carbocycles. The normalized spacial score (nSPS) is 19.7. The molecule has 0 aliphatic heterocycles. The van der Waals surface area contributed by atoms with Gasteiger partial charge in [-0.3, -0.25) is 0 Å². The lowest BCUT2D eigenvalue weighted by molar-refractivity contribution is 0.0848. The summed E-state index contributed by atoms with van der Waals surface area (Å²) in [6, 6.07) is 5.87. The molecular weight excluding hydrogens is 334 g/mol. The lowest BCUT2D eigenvalue weighted by Gasteiger charge is -2.27. The summed E-state index contributed by atoms with van der Waals surface area (Å²) >= 11 is 8.28. The van der Waals surface area contributed by atoms with Gasteiger partial charge in [0.05, 0.1) is 11.1 Å². The van der Waals surface area contributed by atoms with Crippen molar-refractivity contribution in [2.24, 2.45) is 5.92 Å².